The SMILES string of the molecule is Cc1ccc(C(C)NC(=O)CN(Cc2ccccc2)S(C)(=O)=O)cc1C. The molecule has 0 radical (unpaired) electrons. The van der Waals surface area contributed by atoms with Gasteiger partial charge in [0.2, 0.25) is 15.9 Å². The lowest BCUT2D eigenvalue weighted by Crippen LogP contribution is -2.40. The summed E-state index contributed by atoms with van der Waals surface area (Å²) in [5, 5.41) is 2.89. The maximum absolute atomic E-state index is 12.4. The minimum absolute atomic E-state index is 0.172. The van der Waals surface area contributed by atoms with Crippen LogP contribution in [0.25, 0.3) is 0 Å². The molecule has 0 aliphatic carbocycles. The summed E-state index contributed by atoms with van der Waals surface area (Å²) >= 11 is 0. The Balaban J connectivity index is 2.05. The smallest absolute Gasteiger partial charge is 0.235 e. The molecule has 0 saturated carbocycles. The zero-order chi connectivity index (χ0) is 19.3. The monoisotopic (exact) mass is 374 g/mol. The lowest BCUT2D eigenvalue weighted by molar-refractivity contribution is -0.122. The van der Waals surface area contributed by atoms with Crippen molar-refractivity contribution in [3.8, 4) is 0 Å². The normalized spacial score (nSPS) is 12.8. The number of nitrogens with zero attached hydrogens (tertiary/aromatic N) is 1. The van der Waals surface area contributed by atoms with Crippen molar-refractivity contribution in [1.82, 2.24) is 9.62 Å². The van der Waals surface area contributed by atoms with Gasteiger partial charge in [0.15, 0.2) is 0 Å². The van der Waals surface area contributed by atoms with Crippen molar-refractivity contribution < 1.29 is 13.2 Å². The molecule has 0 aromatic heterocycles. The fourth-order valence-corrected chi connectivity index (χ4v) is 3.38. The summed E-state index contributed by atoms with van der Waals surface area (Å²) in [6.45, 7) is 5.92. The molecule has 2 rings (SSSR count). The molecule has 6 heteroatoms. The van der Waals surface area contributed by atoms with Gasteiger partial charge in [-0.2, -0.15) is 4.31 Å². The molecule has 0 spiro atoms. The molecule has 0 heterocycles. The fourth-order valence-electron chi connectivity index (χ4n) is 2.64. The Hall–Kier alpha value is -2.18. The predicted octanol–water partition coefficient (Wildman–Crippen LogP) is 2.94. The molecule has 1 atom stereocenters. The van der Waals surface area contributed by atoms with Crippen LogP contribution in [0.15, 0.2) is 48.5 Å². The minimum atomic E-state index is -3.50. The molecule has 1 amide bonds. The average Bonchev–Trinajstić information content (AvgIpc) is 2.56. The Bertz CT molecular complexity index is 864. The average molecular weight is 375 g/mol. The van der Waals surface area contributed by atoms with Crippen molar-refractivity contribution in [3.63, 3.8) is 0 Å². The van der Waals surface area contributed by atoms with Crippen molar-refractivity contribution >= 4 is 15.9 Å². The Morgan fingerprint density at radius 1 is 1.08 bits per heavy atom. The van der Waals surface area contributed by atoms with E-state index >= 15 is 0 Å². The lowest BCUT2D eigenvalue weighted by Gasteiger charge is -2.21. The molecule has 1 N–H and O–H groups in total. The number of carbonyl (C=O) groups excluding carboxylic acids is 1. The molecular weight excluding hydrogens is 348 g/mol. The molecule has 26 heavy (non-hydrogen) atoms. The third-order valence-electron chi connectivity index (χ3n) is 4.40. The first-order valence-corrected chi connectivity index (χ1v) is 10.4. The van der Waals surface area contributed by atoms with Crippen LogP contribution in [0.5, 0.6) is 0 Å². The standard InChI is InChI=1S/C20H26N2O3S/c1-15-10-11-19(12-16(15)2)17(3)21-20(23)14-22(26(4,24)25)13-18-8-6-5-7-9-18/h5-12,17H,13-14H2,1-4H3,(H,21,23). The second kappa shape index (κ2) is 8.47. The predicted molar refractivity (Wildman–Crippen MR) is 104 cm³/mol. The second-order valence-corrected chi connectivity index (χ2v) is 8.63. The van der Waals surface area contributed by atoms with E-state index in [0.29, 0.717) is 0 Å². The summed E-state index contributed by atoms with van der Waals surface area (Å²) in [7, 11) is -3.50. The van der Waals surface area contributed by atoms with E-state index in [-0.39, 0.29) is 25.0 Å². The zero-order valence-corrected chi connectivity index (χ0v) is 16.5. The molecule has 140 valence electrons. The number of rotatable bonds is 7. The molecule has 0 aliphatic rings. The van der Waals surface area contributed by atoms with E-state index in [1.54, 1.807) is 0 Å². The van der Waals surface area contributed by atoms with E-state index in [4.69, 9.17) is 0 Å². The quantitative estimate of drug-likeness (QED) is 0.810. The van der Waals surface area contributed by atoms with Crippen LogP contribution >= 0.6 is 0 Å². The van der Waals surface area contributed by atoms with E-state index in [0.717, 1.165) is 22.9 Å². The third-order valence-corrected chi connectivity index (χ3v) is 5.60. The van der Waals surface area contributed by atoms with Gasteiger partial charge in [0.25, 0.3) is 0 Å². The lowest BCUT2D eigenvalue weighted by atomic mass is 10.0. The number of carbonyl (C=O) groups is 1. The van der Waals surface area contributed by atoms with Crippen molar-refractivity contribution in [3.05, 3.63) is 70.8 Å². The Kier molecular flexibility index (Phi) is 6.56. The Morgan fingerprint density at radius 3 is 2.31 bits per heavy atom. The van der Waals surface area contributed by atoms with Gasteiger partial charge in [-0.1, -0.05) is 48.5 Å². The van der Waals surface area contributed by atoms with Crippen LogP contribution in [-0.4, -0.2) is 31.4 Å². The van der Waals surface area contributed by atoms with E-state index < -0.39 is 10.0 Å². The van der Waals surface area contributed by atoms with Gasteiger partial charge in [0.05, 0.1) is 18.8 Å². The summed E-state index contributed by atoms with van der Waals surface area (Å²) < 4.78 is 25.3. The van der Waals surface area contributed by atoms with Gasteiger partial charge >= 0.3 is 0 Å². The van der Waals surface area contributed by atoms with Crippen LogP contribution in [0.3, 0.4) is 0 Å². The number of hydrogen-bond donors (Lipinski definition) is 1. The van der Waals surface area contributed by atoms with Crippen molar-refractivity contribution in [2.24, 2.45) is 0 Å². The van der Waals surface area contributed by atoms with Gasteiger partial charge in [-0.3, -0.25) is 4.79 Å². The van der Waals surface area contributed by atoms with E-state index in [9.17, 15) is 13.2 Å². The van der Waals surface area contributed by atoms with Gasteiger partial charge in [-0.05, 0) is 43.0 Å². The van der Waals surface area contributed by atoms with Crippen LogP contribution in [0, 0.1) is 13.8 Å². The highest BCUT2D eigenvalue weighted by molar-refractivity contribution is 7.88. The van der Waals surface area contributed by atoms with Gasteiger partial charge < -0.3 is 5.32 Å². The number of aryl methyl sites for hydroxylation is 2. The maximum atomic E-state index is 12.4. The summed E-state index contributed by atoms with van der Waals surface area (Å²) in [4.78, 5) is 12.4. The van der Waals surface area contributed by atoms with Crippen molar-refractivity contribution in [1.29, 1.82) is 0 Å². The van der Waals surface area contributed by atoms with Crippen molar-refractivity contribution in [2.75, 3.05) is 12.8 Å². The summed E-state index contributed by atoms with van der Waals surface area (Å²) in [5.74, 6) is -0.322. The largest absolute Gasteiger partial charge is 0.348 e. The van der Waals surface area contributed by atoms with Crippen LogP contribution in [0.4, 0.5) is 0 Å². The molecule has 0 aliphatic heterocycles. The number of amides is 1. The van der Waals surface area contributed by atoms with Gasteiger partial charge in [0, 0.05) is 6.54 Å². The molecular formula is C20H26N2O3S. The number of sulfonamides is 1. The zero-order valence-electron chi connectivity index (χ0n) is 15.7. The third kappa shape index (κ3) is 5.68. The van der Waals surface area contributed by atoms with Gasteiger partial charge in [-0.15, -0.1) is 0 Å². The fraction of sp³-hybridized carbons (Fsp3) is 0.350. The minimum Gasteiger partial charge on any atom is -0.348 e. The summed E-state index contributed by atoms with van der Waals surface area (Å²) in [6.07, 6.45) is 1.12. The second-order valence-electron chi connectivity index (χ2n) is 6.65. The first-order valence-electron chi connectivity index (χ1n) is 8.52. The van der Waals surface area contributed by atoms with E-state index in [1.807, 2.05) is 69.3 Å². The summed E-state index contributed by atoms with van der Waals surface area (Å²) in [5.41, 5.74) is 4.19. The van der Waals surface area contributed by atoms with Crippen LogP contribution in [0.2, 0.25) is 0 Å². The van der Waals surface area contributed by atoms with Crippen molar-refractivity contribution in [2.45, 2.75) is 33.4 Å². The van der Waals surface area contributed by atoms with Gasteiger partial charge in [0.1, 0.15) is 0 Å². The summed E-state index contributed by atoms with van der Waals surface area (Å²) in [6, 6.07) is 15.1. The molecule has 0 saturated heterocycles. The number of hydrogen-bond acceptors (Lipinski definition) is 3. The number of nitrogens with one attached hydrogen (secondary N) is 1. The Labute approximate surface area is 156 Å². The van der Waals surface area contributed by atoms with Crippen LogP contribution in [0.1, 0.15) is 35.2 Å². The molecule has 1 unspecified atom stereocenters. The van der Waals surface area contributed by atoms with Gasteiger partial charge in [-0.25, -0.2) is 8.42 Å². The molecule has 2 aromatic carbocycles. The van der Waals surface area contributed by atoms with E-state index in [1.165, 1.54) is 9.87 Å². The highest BCUT2D eigenvalue weighted by Gasteiger charge is 2.21. The number of benzene rings is 2. The highest BCUT2D eigenvalue weighted by atomic mass is 32.2. The molecule has 0 bridgehead atoms. The van der Waals surface area contributed by atoms with Crippen LogP contribution in [-0.2, 0) is 21.4 Å². The Morgan fingerprint density at radius 2 is 1.73 bits per heavy atom. The molecule has 5 nitrogen and oxygen atoms in total. The molecule has 2 aromatic rings. The first-order chi connectivity index (χ1) is 12.2. The topological polar surface area (TPSA) is 66.5 Å². The van der Waals surface area contributed by atoms with E-state index in [2.05, 4.69) is 5.32 Å². The highest BCUT2D eigenvalue weighted by Crippen LogP contribution is 2.17. The maximum Gasteiger partial charge on any atom is 0.235 e. The van der Waals surface area contributed by atoms with Crippen LogP contribution < -0.4 is 5.32 Å². The first kappa shape index (κ1) is 20.1. The molecule has 0 fully saturated rings.